The quantitative estimate of drug-likeness (QED) is 0.502. The summed E-state index contributed by atoms with van der Waals surface area (Å²) in [6.45, 7) is 0. The Bertz CT molecular complexity index is 1050. The molecule has 0 amide bonds. The third kappa shape index (κ3) is 3.50. The van der Waals surface area contributed by atoms with E-state index >= 15 is 0 Å². The zero-order valence-electron chi connectivity index (χ0n) is 16.2. The molecule has 3 aromatic rings. The van der Waals surface area contributed by atoms with Crippen molar-refractivity contribution in [3.63, 3.8) is 0 Å². The van der Waals surface area contributed by atoms with Crippen molar-refractivity contribution >= 4 is 17.9 Å². The molecule has 0 spiro atoms. The van der Waals surface area contributed by atoms with Gasteiger partial charge in [-0.3, -0.25) is 0 Å². The second-order valence-corrected chi connectivity index (χ2v) is 7.25. The largest absolute Gasteiger partial charge is 0.493 e. The van der Waals surface area contributed by atoms with Gasteiger partial charge in [-0.1, -0.05) is 54.1 Å². The summed E-state index contributed by atoms with van der Waals surface area (Å²) in [4.78, 5) is 11.4. The first-order chi connectivity index (χ1) is 14.2. The lowest BCUT2D eigenvalue weighted by molar-refractivity contribution is -0.111. The number of carbonyl (C=O) groups excluding carboxylic acids is 1. The first kappa shape index (κ1) is 19.5. The summed E-state index contributed by atoms with van der Waals surface area (Å²) >= 11 is 6.37. The molecule has 1 aliphatic heterocycles. The fourth-order valence-electron chi connectivity index (χ4n) is 3.96. The Labute approximate surface area is 175 Å². The number of ether oxygens (including phenoxy) is 3. The predicted octanol–water partition coefficient (Wildman–Crippen LogP) is 5.77. The molecule has 2 atom stereocenters. The van der Waals surface area contributed by atoms with Gasteiger partial charge in [0.1, 0.15) is 12.4 Å². The van der Waals surface area contributed by atoms with E-state index in [1.807, 2.05) is 54.6 Å². The molecule has 0 saturated carbocycles. The molecule has 29 heavy (non-hydrogen) atoms. The molecule has 0 fully saturated rings. The van der Waals surface area contributed by atoms with Crippen molar-refractivity contribution in [2.75, 3.05) is 14.2 Å². The number of benzene rings is 3. The number of aldehydes is 1. The number of fused-ring (bicyclic) bond motifs is 3. The molecule has 0 radical (unpaired) electrons. The number of para-hydroxylation sites is 1. The highest BCUT2D eigenvalue weighted by Gasteiger charge is 2.32. The zero-order chi connectivity index (χ0) is 20.4. The molecule has 3 aromatic carbocycles. The normalized spacial score (nSPS) is 17.6. The highest BCUT2D eigenvalue weighted by molar-refractivity contribution is 6.30. The summed E-state index contributed by atoms with van der Waals surface area (Å²) < 4.78 is 17.7. The molecule has 0 unspecified atom stereocenters. The molecule has 0 aromatic heterocycles. The van der Waals surface area contributed by atoms with Gasteiger partial charge in [0, 0.05) is 17.0 Å². The Hall–Kier alpha value is -2.82. The van der Waals surface area contributed by atoms with Crippen LogP contribution in [0.2, 0.25) is 5.02 Å². The minimum absolute atomic E-state index is 0.252. The summed E-state index contributed by atoms with van der Waals surface area (Å²) in [5, 5.41) is 0.616. The van der Waals surface area contributed by atoms with Gasteiger partial charge in [0.05, 0.1) is 20.3 Å². The molecule has 5 heteroatoms. The van der Waals surface area contributed by atoms with Crippen molar-refractivity contribution in [3.05, 3.63) is 82.4 Å². The van der Waals surface area contributed by atoms with E-state index in [0.29, 0.717) is 16.5 Å². The topological polar surface area (TPSA) is 44.8 Å². The number of carbonyl (C=O) groups is 1. The highest BCUT2D eigenvalue weighted by Crippen LogP contribution is 2.48. The number of methoxy groups -OCH3 is 2. The van der Waals surface area contributed by atoms with E-state index in [0.717, 1.165) is 34.1 Å². The average molecular weight is 409 g/mol. The first-order valence-electron chi connectivity index (χ1n) is 9.36. The van der Waals surface area contributed by atoms with Crippen LogP contribution >= 0.6 is 11.6 Å². The molecular weight excluding hydrogens is 388 g/mol. The van der Waals surface area contributed by atoms with Gasteiger partial charge in [0.15, 0.2) is 11.5 Å². The maximum Gasteiger partial charge on any atom is 0.166 e. The summed E-state index contributed by atoms with van der Waals surface area (Å²) in [6.07, 6.45) is 0.271. The standard InChI is InChI=1S/C24H21ClO4/c1-27-22-9-5-8-19(24(22)28-2)23-20-14-15(25)10-11-17(20)16-6-3-4-7-18(16)21(29-23)12-13-26/h3-11,13-14,21,23H,12H2,1-2H3/t21-,23-/m1/s1. The third-order valence-electron chi connectivity index (χ3n) is 5.22. The Morgan fingerprint density at radius 2 is 1.69 bits per heavy atom. The van der Waals surface area contributed by atoms with Crippen molar-refractivity contribution in [2.24, 2.45) is 0 Å². The average Bonchev–Trinajstić information content (AvgIpc) is 2.88. The molecule has 0 N–H and O–H groups in total. The van der Waals surface area contributed by atoms with E-state index in [4.69, 9.17) is 25.8 Å². The Kier molecular flexibility index (Phi) is 5.56. The van der Waals surface area contributed by atoms with Crippen LogP contribution in [0.15, 0.2) is 60.7 Å². The molecule has 4 rings (SSSR count). The summed E-state index contributed by atoms with van der Waals surface area (Å²) in [5.74, 6) is 1.22. The van der Waals surface area contributed by atoms with Crippen molar-refractivity contribution in [1.29, 1.82) is 0 Å². The zero-order valence-corrected chi connectivity index (χ0v) is 17.0. The highest BCUT2D eigenvalue weighted by atomic mass is 35.5. The van der Waals surface area contributed by atoms with Crippen molar-refractivity contribution in [2.45, 2.75) is 18.6 Å². The van der Waals surface area contributed by atoms with Crippen LogP contribution < -0.4 is 9.47 Å². The van der Waals surface area contributed by atoms with Crippen molar-refractivity contribution < 1.29 is 19.0 Å². The number of hydrogen-bond acceptors (Lipinski definition) is 4. The summed E-state index contributed by atoms with van der Waals surface area (Å²) in [6, 6.07) is 19.5. The molecule has 0 saturated heterocycles. The number of halogens is 1. The second-order valence-electron chi connectivity index (χ2n) is 6.81. The van der Waals surface area contributed by atoms with E-state index in [-0.39, 0.29) is 6.42 Å². The first-order valence-corrected chi connectivity index (χ1v) is 9.74. The van der Waals surface area contributed by atoms with Crippen LogP contribution in [-0.2, 0) is 9.53 Å². The van der Waals surface area contributed by atoms with Gasteiger partial charge in [0.25, 0.3) is 0 Å². The van der Waals surface area contributed by atoms with E-state index in [1.165, 1.54) is 0 Å². The van der Waals surface area contributed by atoms with Crippen LogP contribution in [0.4, 0.5) is 0 Å². The van der Waals surface area contributed by atoms with Gasteiger partial charge in [-0.2, -0.15) is 0 Å². The van der Waals surface area contributed by atoms with Crippen molar-refractivity contribution in [3.8, 4) is 22.6 Å². The van der Waals surface area contributed by atoms with Gasteiger partial charge in [-0.05, 0) is 40.5 Å². The monoisotopic (exact) mass is 408 g/mol. The Balaban J connectivity index is 1.99. The Morgan fingerprint density at radius 1 is 0.931 bits per heavy atom. The maximum absolute atomic E-state index is 11.4. The van der Waals surface area contributed by atoms with E-state index in [1.54, 1.807) is 14.2 Å². The maximum atomic E-state index is 11.4. The van der Waals surface area contributed by atoms with Crippen LogP contribution in [0, 0.1) is 0 Å². The van der Waals surface area contributed by atoms with Gasteiger partial charge in [0.2, 0.25) is 0 Å². The lowest BCUT2D eigenvalue weighted by Crippen LogP contribution is -2.12. The molecule has 1 aliphatic rings. The molecule has 1 heterocycles. The van der Waals surface area contributed by atoms with Gasteiger partial charge < -0.3 is 19.0 Å². The molecule has 4 nitrogen and oxygen atoms in total. The third-order valence-corrected chi connectivity index (χ3v) is 5.46. The van der Waals surface area contributed by atoms with E-state index in [9.17, 15) is 4.79 Å². The molecular formula is C24H21ClO4. The molecule has 148 valence electrons. The SMILES string of the molecule is COc1cccc([C@H]2O[C@H](CC=O)c3ccccc3-c3ccc(Cl)cc32)c1OC. The summed E-state index contributed by atoms with van der Waals surface area (Å²) in [5.41, 5.74) is 4.78. The fourth-order valence-corrected chi connectivity index (χ4v) is 4.14. The van der Waals surface area contributed by atoms with Crippen LogP contribution in [-0.4, -0.2) is 20.5 Å². The van der Waals surface area contributed by atoms with Crippen LogP contribution in [0.1, 0.15) is 35.3 Å². The van der Waals surface area contributed by atoms with Crippen LogP contribution in [0.5, 0.6) is 11.5 Å². The fraction of sp³-hybridized carbons (Fsp3) is 0.208. The smallest absolute Gasteiger partial charge is 0.166 e. The van der Waals surface area contributed by atoms with Crippen LogP contribution in [0.25, 0.3) is 11.1 Å². The van der Waals surface area contributed by atoms with Crippen molar-refractivity contribution in [1.82, 2.24) is 0 Å². The summed E-state index contributed by atoms with van der Waals surface area (Å²) in [7, 11) is 3.21. The van der Waals surface area contributed by atoms with Crippen LogP contribution in [0.3, 0.4) is 0 Å². The van der Waals surface area contributed by atoms with Gasteiger partial charge in [-0.25, -0.2) is 0 Å². The lowest BCUT2D eigenvalue weighted by Gasteiger charge is -2.25. The number of hydrogen-bond donors (Lipinski definition) is 0. The van der Waals surface area contributed by atoms with Gasteiger partial charge >= 0.3 is 0 Å². The Morgan fingerprint density at radius 3 is 2.45 bits per heavy atom. The minimum atomic E-state index is -0.480. The lowest BCUT2D eigenvalue weighted by atomic mass is 9.90. The molecule has 0 aliphatic carbocycles. The number of rotatable bonds is 5. The predicted molar refractivity (Wildman–Crippen MR) is 113 cm³/mol. The second kappa shape index (κ2) is 8.27. The van der Waals surface area contributed by atoms with Gasteiger partial charge in [-0.15, -0.1) is 0 Å². The molecule has 0 bridgehead atoms. The van der Waals surface area contributed by atoms with E-state index in [2.05, 4.69) is 6.07 Å². The van der Waals surface area contributed by atoms with E-state index < -0.39 is 12.2 Å². The minimum Gasteiger partial charge on any atom is -0.493 e.